The van der Waals surface area contributed by atoms with Crippen molar-refractivity contribution in [1.82, 2.24) is 0 Å². The van der Waals surface area contributed by atoms with Crippen LogP contribution in [-0.4, -0.2) is 12.6 Å². The number of hydrogen-bond acceptors (Lipinski definition) is 2. The first-order valence-corrected chi connectivity index (χ1v) is 10.0. The van der Waals surface area contributed by atoms with Crippen LogP contribution in [0.3, 0.4) is 0 Å². The number of rotatable bonds is 2. The van der Waals surface area contributed by atoms with Crippen molar-refractivity contribution in [3.63, 3.8) is 0 Å². The van der Waals surface area contributed by atoms with E-state index in [1.54, 1.807) is 0 Å². The van der Waals surface area contributed by atoms with Crippen LogP contribution < -0.4 is 0 Å². The quantitative estimate of drug-likeness (QED) is 0.552. The molecule has 1 saturated heterocycles. The Balaban J connectivity index is 1.49. The third kappa shape index (κ3) is 1.55. The Kier molecular flexibility index (Phi) is 2.80. The van der Waals surface area contributed by atoms with Gasteiger partial charge in [-0.2, -0.15) is 0 Å². The predicted octanol–water partition coefficient (Wildman–Crippen LogP) is 4.53. The van der Waals surface area contributed by atoms with E-state index in [2.05, 4.69) is 27.7 Å². The van der Waals surface area contributed by atoms with Gasteiger partial charge in [0.05, 0.1) is 13.0 Å². The van der Waals surface area contributed by atoms with Gasteiger partial charge in [0, 0.05) is 5.41 Å². The lowest BCUT2D eigenvalue weighted by atomic mass is 9.51. The highest BCUT2D eigenvalue weighted by Crippen LogP contribution is 2.78. The maximum absolute atomic E-state index is 11.8. The number of carbonyl (C=O) groups excluding carboxylic acids is 1. The van der Waals surface area contributed by atoms with E-state index in [1.165, 1.54) is 25.7 Å². The summed E-state index contributed by atoms with van der Waals surface area (Å²) in [6.45, 7) is 10.7. The third-order valence-corrected chi connectivity index (χ3v) is 9.50. The maximum atomic E-state index is 11.8. The summed E-state index contributed by atoms with van der Waals surface area (Å²) in [5, 5.41) is 0. The molecule has 2 heteroatoms. The molecule has 0 radical (unpaired) electrons. The first-order chi connectivity index (χ1) is 10.9. The van der Waals surface area contributed by atoms with E-state index in [1.807, 2.05) is 0 Å². The van der Waals surface area contributed by atoms with Gasteiger partial charge in [0.1, 0.15) is 0 Å². The van der Waals surface area contributed by atoms with Crippen molar-refractivity contribution in [2.75, 3.05) is 6.61 Å². The van der Waals surface area contributed by atoms with Gasteiger partial charge in [0.15, 0.2) is 0 Å². The Bertz CT molecular complexity index is 542. The second kappa shape index (κ2) is 4.35. The first kappa shape index (κ1) is 14.8. The molecule has 1 aliphatic heterocycles. The minimum Gasteiger partial charge on any atom is -0.465 e. The Hall–Kier alpha value is -0.530. The molecule has 0 aromatic heterocycles. The van der Waals surface area contributed by atoms with E-state index in [9.17, 15) is 4.79 Å². The first-order valence-electron chi connectivity index (χ1n) is 10.0. The topological polar surface area (TPSA) is 26.3 Å². The lowest BCUT2D eigenvalue weighted by Gasteiger charge is -2.53. The second-order valence-electron chi connectivity index (χ2n) is 10.4. The normalized spacial score (nSPS) is 52.2. The molecule has 5 aliphatic rings. The molecule has 4 aliphatic carbocycles. The van der Waals surface area contributed by atoms with Crippen LogP contribution in [0.2, 0.25) is 0 Å². The Morgan fingerprint density at radius 3 is 2.17 bits per heavy atom. The standard InChI is InChI=1S/C21H32O2/c1-11(2)21(12(3)4)8-14-6-16(21)19-13-5-15(18(14)19)20(7-13)9-17(22)23-10-20/h11-16,18-19H,5-10H2,1-4H3. The molecule has 0 N–H and O–H groups in total. The molecule has 23 heavy (non-hydrogen) atoms. The molecular formula is C21H32O2. The van der Waals surface area contributed by atoms with Gasteiger partial charge in [-0.3, -0.25) is 4.79 Å². The molecule has 7 atom stereocenters. The van der Waals surface area contributed by atoms with Gasteiger partial charge in [-0.1, -0.05) is 27.7 Å². The maximum Gasteiger partial charge on any atom is 0.306 e. The summed E-state index contributed by atoms with van der Waals surface area (Å²) >= 11 is 0. The van der Waals surface area contributed by atoms with Crippen LogP contribution in [-0.2, 0) is 9.53 Å². The molecule has 5 fully saturated rings. The monoisotopic (exact) mass is 316 g/mol. The van der Waals surface area contributed by atoms with Crippen LogP contribution in [0.5, 0.6) is 0 Å². The number of carbonyl (C=O) groups is 1. The average molecular weight is 316 g/mol. The van der Waals surface area contributed by atoms with Crippen LogP contribution in [0.4, 0.5) is 0 Å². The van der Waals surface area contributed by atoms with Gasteiger partial charge >= 0.3 is 5.97 Å². The van der Waals surface area contributed by atoms with Crippen LogP contribution in [0.15, 0.2) is 0 Å². The lowest BCUT2D eigenvalue weighted by Crippen LogP contribution is -2.49. The smallest absolute Gasteiger partial charge is 0.306 e. The fourth-order valence-electron chi connectivity index (χ4n) is 9.03. The molecule has 4 bridgehead atoms. The van der Waals surface area contributed by atoms with E-state index in [0.717, 1.165) is 60.4 Å². The van der Waals surface area contributed by atoms with Crippen molar-refractivity contribution >= 4 is 5.97 Å². The lowest BCUT2D eigenvalue weighted by molar-refractivity contribution is -0.137. The largest absolute Gasteiger partial charge is 0.465 e. The number of fused-ring (bicyclic) bond motifs is 10. The second-order valence-corrected chi connectivity index (χ2v) is 10.4. The highest BCUT2D eigenvalue weighted by molar-refractivity contribution is 5.72. The Morgan fingerprint density at radius 1 is 0.957 bits per heavy atom. The molecule has 4 saturated carbocycles. The summed E-state index contributed by atoms with van der Waals surface area (Å²) in [5.74, 6) is 7.20. The van der Waals surface area contributed by atoms with Gasteiger partial charge in [0.2, 0.25) is 0 Å². The van der Waals surface area contributed by atoms with Crippen LogP contribution >= 0.6 is 0 Å². The molecule has 2 nitrogen and oxygen atoms in total. The molecule has 1 heterocycles. The van der Waals surface area contributed by atoms with E-state index in [-0.39, 0.29) is 11.4 Å². The van der Waals surface area contributed by atoms with Crippen molar-refractivity contribution in [2.45, 2.75) is 59.8 Å². The summed E-state index contributed by atoms with van der Waals surface area (Å²) in [6, 6.07) is 0. The zero-order chi connectivity index (χ0) is 16.1. The van der Waals surface area contributed by atoms with Crippen molar-refractivity contribution in [3.05, 3.63) is 0 Å². The van der Waals surface area contributed by atoms with Gasteiger partial charge < -0.3 is 4.74 Å². The molecule has 7 unspecified atom stereocenters. The molecular weight excluding hydrogens is 284 g/mol. The minimum atomic E-state index is 0.0796. The molecule has 0 aromatic rings. The third-order valence-electron chi connectivity index (χ3n) is 9.50. The fraction of sp³-hybridized carbons (Fsp3) is 0.952. The zero-order valence-corrected chi connectivity index (χ0v) is 15.2. The van der Waals surface area contributed by atoms with Gasteiger partial charge in [0.25, 0.3) is 0 Å². The number of esters is 1. The summed E-state index contributed by atoms with van der Waals surface area (Å²) in [5.41, 5.74) is 0.844. The molecule has 0 amide bonds. The van der Waals surface area contributed by atoms with E-state index < -0.39 is 0 Å². The Labute approximate surface area is 140 Å². The predicted molar refractivity (Wildman–Crippen MR) is 89.5 cm³/mol. The molecule has 5 rings (SSSR count). The summed E-state index contributed by atoms with van der Waals surface area (Å²) in [4.78, 5) is 11.8. The van der Waals surface area contributed by atoms with Gasteiger partial charge in [-0.25, -0.2) is 0 Å². The highest BCUT2D eigenvalue weighted by Gasteiger charge is 2.73. The van der Waals surface area contributed by atoms with Crippen LogP contribution in [0.1, 0.15) is 59.8 Å². The van der Waals surface area contributed by atoms with Gasteiger partial charge in [-0.05, 0) is 78.4 Å². The number of cyclic esters (lactones) is 1. The number of ether oxygens (including phenoxy) is 1. The van der Waals surface area contributed by atoms with Crippen molar-refractivity contribution in [2.24, 2.45) is 58.2 Å². The highest BCUT2D eigenvalue weighted by atomic mass is 16.5. The van der Waals surface area contributed by atoms with Gasteiger partial charge in [-0.15, -0.1) is 0 Å². The summed E-state index contributed by atoms with van der Waals surface area (Å²) in [6.07, 6.45) is 6.38. The number of hydrogen-bond donors (Lipinski definition) is 0. The van der Waals surface area contributed by atoms with Crippen LogP contribution in [0.25, 0.3) is 0 Å². The Morgan fingerprint density at radius 2 is 1.57 bits per heavy atom. The molecule has 0 aromatic carbocycles. The summed E-state index contributed by atoms with van der Waals surface area (Å²) in [7, 11) is 0. The van der Waals surface area contributed by atoms with Crippen molar-refractivity contribution < 1.29 is 9.53 Å². The van der Waals surface area contributed by atoms with E-state index in [4.69, 9.17) is 4.74 Å². The summed E-state index contributed by atoms with van der Waals surface area (Å²) < 4.78 is 5.45. The van der Waals surface area contributed by atoms with Crippen molar-refractivity contribution in [1.29, 1.82) is 0 Å². The van der Waals surface area contributed by atoms with Crippen molar-refractivity contribution in [3.8, 4) is 0 Å². The molecule has 128 valence electrons. The zero-order valence-electron chi connectivity index (χ0n) is 15.2. The van der Waals surface area contributed by atoms with Crippen LogP contribution in [0, 0.1) is 58.2 Å². The minimum absolute atomic E-state index is 0.0796. The van der Waals surface area contributed by atoms with E-state index in [0.29, 0.717) is 5.41 Å². The molecule has 1 spiro atoms. The fourth-order valence-corrected chi connectivity index (χ4v) is 9.03. The average Bonchev–Trinajstić information content (AvgIpc) is 3.23. The SMILES string of the molecule is CC(C)C1(C(C)C)CC2CC1C1C3CC(C21)C1(COC(=O)C1)C3. The van der Waals surface area contributed by atoms with E-state index >= 15 is 0 Å².